The standard InChI is InChI=1S/C16H14BrNO3S/c1-11(16(20)18-13-6-4-12(17)5-7-13)21-15(19)9-8-14-3-2-10-22-14/h2-11H,1H3,(H,18,20)/b9-8+/t11-/m1/s1. The van der Waals surface area contributed by atoms with Gasteiger partial charge in [-0.1, -0.05) is 22.0 Å². The first kappa shape index (κ1) is 16.5. The van der Waals surface area contributed by atoms with Crippen LogP contribution < -0.4 is 5.32 Å². The number of hydrogen-bond acceptors (Lipinski definition) is 4. The van der Waals surface area contributed by atoms with Crippen LogP contribution in [0.4, 0.5) is 5.69 Å². The topological polar surface area (TPSA) is 55.4 Å². The Morgan fingerprint density at radius 2 is 2.00 bits per heavy atom. The van der Waals surface area contributed by atoms with Crippen molar-refractivity contribution in [3.63, 3.8) is 0 Å². The van der Waals surface area contributed by atoms with Crippen LogP contribution in [0.25, 0.3) is 6.08 Å². The molecule has 0 radical (unpaired) electrons. The van der Waals surface area contributed by atoms with Crippen LogP contribution >= 0.6 is 27.3 Å². The highest BCUT2D eigenvalue weighted by molar-refractivity contribution is 9.10. The average molecular weight is 380 g/mol. The van der Waals surface area contributed by atoms with Crippen molar-refractivity contribution in [2.45, 2.75) is 13.0 Å². The summed E-state index contributed by atoms with van der Waals surface area (Å²) in [5, 5.41) is 4.60. The van der Waals surface area contributed by atoms with Gasteiger partial charge in [0.25, 0.3) is 5.91 Å². The first-order valence-electron chi connectivity index (χ1n) is 6.53. The molecule has 22 heavy (non-hydrogen) atoms. The molecule has 1 aromatic carbocycles. The Morgan fingerprint density at radius 1 is 1.27 bits per heavy atom. The van der Waals surface area contributed by atoms with Gasteiger partial charge in [-0.15, -0.1) is 11.3 Å². The molecule has 1 aromatic heterocycles. The third kappa shape index (κ3) is 5.13. The lowest BCUT2D eigenvalue weighted by molar-refractivity contribution is -0.148. The van der Waals surface area contributed by atoms with E-state index in [1.807, 2.05) is 29.6 Å². The normalized spacial score (nSPS) is 12.1. The van der Waals surface area contributed by atoms with Gasteiger partial charge in [0.1, 0.15) is 0 Å². The number of amides is 1. The zero-order valence-corrected chi connectivity index (χ0v) is 14.2. The molecule has 1 amide bonds. The predicted octanol–water partition coefficient (Wildman–Crippen LogP) is 4.09. The summed E-state index contributed by atoms with van der Waals surface area (Å²) >= 11 is 4.83. The van der Waals surface area contributed by atoms with E-state index in [-0.39, 0.29) is 5.91 Å². The van der Waals surface area contributed by atoms with Crippen LogP contribution in [0.1, 0.15) is 11.8 Å². The quantitative estimate of drug-likeness (QED) is 0.628. The number of nitrogens with one attached hydrogen (secondary N) is 1. The summed E-state index contributed by atoms with van der Waals surface area (Å²) < 4.78 is 5.98. The van der Waals surface area contributed by atoms with Crippen molar-refractivity contribution in [2.75, 3.05) is 5.32 Å². The van der Waals surface area contributed by atoms with Crippen molar-refractivity contribution in [1.29, 1.82) is 0 Å². The third-order valence-electron chi connectivity index (χ3n) is 2.70. The van der Waals surface area contributed by atoms with E-state index < -0.39 is 12.1 Å². The highest BCUT2D eigenvalue weighted by Gasteiger charge is 2.16. The highest BCUT2D eigenvalue weighted by atomic mass is 79.9. The Bertz CT molecular complexity index is 665. The van der Waals surface area contributed by atoms with Gasteiger partial charge in [0, 0.05) is 21.1 Å². The molecule has 0 aliphatic carbocycles. The van der Waals surface area contributed by atoms with Crippen LogP contribution in [0.5, 0.6) is 0 Å². The molecule has 0 bridgehead atoms. The molecule has 0 saturated carbocycles. The summed E-state index contributed by atoms with van der Waals surface area (Å²) in [6, 6.07) is 10.9. The molecular weight excluding hydrogens is 366 g/mol. The maximum absolute atomic E-state index is 11.9. The van der Waals surface area contributed by atoms with Gasteiger partial charge < -0.3 is 10.1 Å². The molecule has 0 spiro atoms. The molecule has 4 nitrogen and oxygen atoms in total. The van der Waals surface area contributed by atoms with Crippen LogP contribution in [-0.2, 0) is 14.3 Å². The van der Waals surface area contributed by atoms with Gasteiger partial charge in [-0.2, -0.15) is 0 Å². The van der Waals surface area contributed by atoms with Crippen molar-refractivity contribution >= 4 is 50.9 Å². The first-order chi connectivity index (χ1) is 10.5. The van der Waals surface area contributed by atoms with Crippen LogP contribution in [0, 0.1) is 0 Å². The molecule has 1 heterocycles. The Balaban J connectivity index is 1.85. The van der Waals surface area contributed by atoms with E-state index in [2.05, 4.69) is 21.2 Å². The number of benzene rings is 1. The number of hydrogen-bond donors (Lipinski definition) is 1. The van der Waals surface area contributed by atoms with E-state index in [0.717, 1.165) is 9.35 Å². The Labute approximate surface area is 140 Å². The Hall–Kier alpha value is -1.92. The molecule has 1 atom stereocenters. The molecule has 0 fully saturated rings. The number of esters is 1. The second-order valence-electron chi connectivity index (χ2n) is 4.42. The fraction of sp³-hybridized carbons (Fsp3) is 0.125. The second-order valence-corrected chi connectivity index (χ2v) is 6.32. The van der Waals surface area contributed by atoms with Crippen molar-refractivity contribution in [2.24, 2.45) is 0 Å². The molecule has 1 N–H and O–H groups in total. The first-order valence-corrected chi connectivity index (χ1v) is 8.20. The zero-order valence-electron chi connectivity index (χ0n) is 11.8. The lowest BCUT2D eigenvalue weighted by Crippen LogP contribution is -2.29. The summed E-state index contributed by atoms with van der Waals surface area (Å²) in [6.45, 7) is 1.53. The summed E-state index contributed by atoms with van der Waals surface area (Å²) in [6.07, 6.45) is 2.10. The van der Waals surface area contributed by atoms with E-state index in [4.69, 9.17) is 4.74 Å². The lowest BCUT2D eigenvalue weighted by atomic mass is 10.3. The Kier molecular flexibility index (Phi) is 5.91. The lowest BCUT2D eigenvalue weighted by Gasteiger charge is -2.12. The second kappa shape index (κ2) is 7.91. The maximum atomic E-state index is 11.9. The van der Waals surface area contributed by atoms with Crippen molar-refractivity contribution in [3.05, 3.63) is 57.2 Å². The van der Waals surface area contributed by atoms with Gasteiger partial charge >= 0.3 is 5.97 Å². The minimum Gasteiger partial charge on any atom is -0.449 e. The van der Waals surface area contributed by atoms with E-state index >= 15 is 0 Å². The van der Waals surface area contributed by atoms with Crippen LogP contribution in [-0.4, -0.2) is 18.0 Å². The van der Waals surface area contributed by atoms with E-state index in [9.17, 15) is 9.59 Å². The van der Waals surface area contributed by atoms with Gasteiger partial charge in [-0.3, -0.25) is 4.79 Å². The molecule has 0 aliphatic rings. The number of ether oxygens (including phenoxy) is 1. The largest absolute Gasteiger partial charge is 0.449 e. The number of anilines is 1. The van der Waals surface area contributed by atoms with Gasteiger partial charge in [0.2, 0.25) is 0 Å². The van der Waals surface area contributed by atoms with Crippen LogP contribution in [0.3, 0.4) is 0 Å². The van der Waals surface area contributed by atoms with E-state index in [1.54, 1.807) is 18.2 Å². The average Bonchev–Trinajstić information content (AvgIpc) is 3.01. The predicted molar refractivity (Wildman–Crippen MR) is 91.7 cm³/mol. The van der Waals surface area contributed by atoms with Gasteiger partial charge in [0.15, 0.2) is 6.10 Å². The van der Waals surface area contributed by atoms with E-state index in [1.165, 1.54) is 24.3 Å². The maximum Gasteiger partial charge on any atom is 0.331 e. The fourth-order valence-electron chi connectivity index (χ4n) is 1.58. The smallest absolute Gasteiger partial charge is 0.331 e. The number of halogens is 1. The number of thiophene rings is 1. The summed E-state index contributed by atoms with van der Waals surface area (Å²) in [5.41, 5.74) is 0.644. The highest BCUT2D eigenvalue weighted by Crippen LogP contribution is 2.14. The molecule has 0 saturated heterocycles. The Morgan fingerprint density at radius 3 is 2.64 bits per heavy atom. The summed E-state index contributed by atoms with van der Waals surface area (Å²) in [4.78, 5) is 24.6. The molecule has 0 aliphatic heterocycles. The molecule has 0 unspecified atom stereocenters. The minimum atomic E-state index is -0.871. The van der Waals surface area contributed by atoms with Gasteiger partial charge in [0.05, 0.1) is 0 Å². The van der Waals surface area contributed by atoms with Crippen molar-refractivity contribution < 1.29 is 14.3 Å². The fourth-order valence-corrected chi connectivity index (χ4v) is 2.46. The molecular formula is C16H14BrNO3S. The third-order valence-corrected chi connectivity index (χ3v) is 4.07. The number of rotatable bonds is 5. The number of carbonyl (C=O) groups is 2. The van der Waals surface area contributed by atoms with Gasteiger partial charge in [-0.25, -0.2) is 4.79 Å². The SMILES string of the molecule is C[C@@H](OC(=O)/C=C/c1cccs1)C(=O)Nc1ccc(Br)cc1. The molecule has 2 aromatic rings. The van der Waals surface area contributed by atoms with Crippen LogP contribution in [0.15, 0.2) is 52.3 Å². The summed E-state index contributed by atoms with van der Waals surface area (Å²) in [7, 11) is 0. The summed E-state index contributed by atoms with van der Waals surface area (Å²) in [5.74, 6) is -0.924. The zero-order chi connectivity index (χ0) is 15.9. The number of carbonyl (C=O) groups excluding carboxylic acids is 2. The van der Waals surface area contributed by atoms with Crippen molar-refractivity contribution in [1.82, 2.24) is 0 Å². The minimum absolute atomic E-state index is 0.375. The molecule has 2 rings (SSSR count). The van der Waals surface area contributed by atoms with Gasteiger partial charge in [-0.05, 0) is 48.7 Å². The van der Waals surface area contributed by atoms with Crippen molar-refractivity contribution in [3.8, 4) is 0 Å². The monoisotopic (exact) mass is 379 g/mol. The molecule has 114 valence electrons. The van der Waals surface area contributed by atoms with Crippen LogP contribution in [0.2, 0.25) is 0 Å². The van der Waals surface area contributed by atoms with E-state index in [0.29, 0.717) is 5.69 Å². The molecule has 6 heteroatoms.